The quantitative estimate of drug-likeness (QED) is 0.921. The third-order valence-electron chi connectivity index (χ3n) is 3.89. The van der Waals surface area contributed by atoms with Gasteiger partial charge in [-0.3, -0.25) is 0 Å². The summed E-state index contributed by atoms with van der Waals surface area (Å²) in [5, 5.41) is 10.8. The van der Waals surface area contributed by atoms with Gasteiger partial charge in [0.1, 0.15) is 17.8 Å². The number of aliphatic hydroxyl groups is 1. The molecule has 2 saturated heterocycles. The minimum absolute atomic E-state index is 0.272. The van der Waals surface area contributed by atoms with Gasteiger partial charge in [0.2, 0.25) is 0 Å². The maximum Gasteiger partial charge on any atom is 0.189 e. The van der Waals surface area contributed by atoms with Gasteiger partial charge in [0.15, 0.2) is 12.1 Å². The first-order chi connectivity index (χ1) is 9.88. The summed E-state index contributed by atoms with van der Waals surface area (Å²) in [7, 11) is 0. The minimum atomic E-state index is -1.26. The van der Waals surface area contributed by atoms with Crippen LogP contribution >= 0.6 is 0 Å². The fraction of sp³-hybridized carbons (Fsp3) is 0.625. The van der Waals surface area contributed by atoms with E-state index in [0.29, 0.717) is 13.2 Å². The first kappa shape index (κ1) is 14.9. The number of hydrogen-bond acceptors (Lipinski definition) is 5. The van der Waals surface area contributed by atoms with Crippen LogP contribution in [0.1, 0.15) is 26.3 Å². The lowest BCUT2D eigenvalue weighted by Crippen LogP contribution is -2.60. The molecule has 1 aromatic carbocycles. The molecule has 5 nitrogen and oxygen atoms in total. The summed E-state index contributed by atoms with van der Waals surface area (Å²) in [6.45, 7) is 6.07. The Bertz CT molecular complexity index is 485. The summed E-state index contributed by atoms with van der Waals surface area (Å²) in [6.07, 6.45) is -1.47. The van der Waals surface area contributed by atoms with Crippen molar-refractivity contribution in [2.75, 3.05) is 6.61 Å². The second-order valence-corrected chi connectivity index (χ2v) is 6.28. The smallest absolute Gasteiger partial charge is 0.189 e. The fourth-order valence-corrected chi connectivity index (χ4v) is 2.90. The van der Waals surface area contributed by atoms with E-state index < -0.39 is 23.8 Å². The van der Waals surface area contributed by atoms with E-state index in [1.54, 1.807) is 6.92 Å². The first-order valence-electron chi connectivity index (χ1n) is 7.24. The normalized spacial score (nSPS) is 38.2. The standard InChI is InChI=1S/C16H22O5/c1-15(2)20-12-10-19-14(16(3,17)13(12)21-15)18-9-11-7-5-4-6-8-11/h4-8,12-14,17H,9-10H2,1-3H3/t12-,13-,14-,16-/m1/s1. The lowest BCUT2D eigenvalue weighted by Gasteiger charge is -2.42. The van der Waals surface area contributed by atoms with Crippen LogP contribution in [0.4, 0.5) is 0 Å². The number of rotatable bonds is 3. The maximum atomic E-state index is 10.8. The van der Waals surface area contributed by atoms with Crippen molar-refractivity contribution in [1.82, 2.24) is 0 Å². The zero-order valence-corrected chi connectivity index (χ0v) is 12.6. The molecule has 116 valence electrons. The molecule has 3 rings (SSSR count). The second kappa shape index (κ2) is 5.34. The summed E-state index contributed by atoms with van der Waals surface area (Å²) in [4.78, 5) is 0. The van der Waals surface area contributed by atoms with E-state index in [0.717, 1.165) is 5.56 Å². The molecule has 0 radical (unpaired) electrons. The summed E-state index contributed by atoms with van der Waals surface area (Å²) in [6, 6.07) is 9.79. The van der Waals surface area contributed by atoms with Gasteiger partial charge in [0, 0.05) is 0 Å². The van der Waals surface area contributed by atoms with Crippen molar-refractivity contribution in [2.45, 2.75) is 57.3 Å². The molecule has 1 N–H and O–H groups in total. The summed E-state index contributed by atoms with van der Waals surface area (Å²) < 4.78 is 23.0. The van der Waals surface area contributed by atoms with Crippen molar-refractivity contribution in [3.05, 3.63) is 35.9 Å². The summed E-state index contributed by atoms with van der Waals surface area (Å²) >= 11 is 0. The molecule has 4 atom stereocenters. The average Bonchev–Trinajstić information content (AvgIpc) is 2.75. The Morgan fingerprint density at radius 1 is 1.19 bits per heavy atom. The Hall–Kier alpha value is -0.980. The molecule has 21 heavy (non-hydrogen) atoms. The third kappa shape index (κ3) is 2.98. The lowest BCUT2D eigenvalue weighted by molar-refractivity contribution is -0.297. The van der Waals surface area contributed by atoms with Crippen molar-refractivity contribution in [2.24, 2.45) is 0 Å². The first-order valence-corrected chi connectivity index (χ1v) is 7.24. The van der Waals surface area contributed by atoms with Crippen molar-refractivity contribution < 1.29 is 24.1 Å². The summed E-state index contributed by atoms with van der Waals surface area (Å²) in [5.41, 5.74) is -0.228. The zero-order chi connectivity index (χ0) is 15.1. The lowest BCUT2D eigenvalue weighted by atomic mass is 9.92. The number of ether oxygens (including phenoxy) is 4. The molecule has 5 heteroatoms. The van der Waals surface area contributed by atoms with E-state index >= 15 is 0 Å². The topological polar surface area (TPSA) is 57.2 Å². The largest absolute Gasteiger partial charge is 0.382 e. The molecule has 2 fully saturated rings. The van der Waals surface area contributed by atoms with Crippen LogP contribution in [0.2, 0.25) is 0 Å². The molecule has 1 aromatic rings. The van der Waals surface area contributed by atoms with Crippen LogP contribution in [-0.4, -0.2) is 41.6 Å². The van der Waals surface area contributed by atoms with Gasteiger partial charge in [-0.25, -0.2) is 0 Å². The van der Waals surface area contributed by atoms with Gasteiger partial charge in [0.25, 0.3) is 0 Å². The molecule has 2 aliphatic rings. The van der Waals surface area contributed by atoms with Crippen LogP contribution in [0, 0.1) is 0 Å². The third-order valence-corrected chi connectivity index (χ3v) is 3.89. The predicted molar refractivity (Wildman–Crippen MR) is 75.4 cm³/mol. The summed E-state index contributed by atoms with van der Waals surface area (Å²) in [5.74, 6) is -0.711. The van der Waals surface area contributed by atoms with Crippen molar-refractivity contribution >= 4 is 0 Å². The molecule has 0 saturated carbocycles. The van der Waals surface area contributed by atoms with Crippen LogP contribution in [-0.2, 0) is 25.6 Å². The number of hydrogen-bond donors (Lipinski definition) is 1. The van der Waals surface area contributed by atoms with E-state index in [-0.39, 0.29) is 6.10 Å². The van der Waals surface area contributed by atoms with Gasteiger partial charge in [-0.15, -0.1) is 0 Å². The fourth-order valence-electron chi connectivity index (χ4n) is 2.90. The number of benzene rings is 1. The van der Waals surface area contributed by atoms with Gasteiger partial charge in [0.05, 0.1) is 13.2 Å². The molecule has 0 aromatic heterocycles. The van der Waals surface area contributed by atoms with E-state index in [4.69, 9.17) is 18.9 Å². The Morgan fingerprint density at radius 2 is 1.90 bits per heavy atom. The zero-order valence-electron chi connectivity index (χ0n) is 12.6. The maximum absolute atomic E-state index is 10.8. The molecule has 0 amide bonds. The van der Waals surface area contributed by atoms with Crippen molar-refractivity contribution in [3.63, 3.8) is 0 Å². The van der Waals surface area contributed by atoms with Crippen LogP contribution in [0.5, 0.6) is 0 Å². The van der Waals surface area contributed by atoms with E-state index in [1.807, 2.05) is 44.2 Å². The van der Waals surface area contributed by atoms with Crippen LogP contribution in [0.25, 0.3) is 0 Å². The molecule has 0 spiro atoms. The molecule has 0 bridgehead atoms. The monoisotopic (exact) mass is 294 g/mol. The number of fused-ring (bicyclic) bond motifs is 1. The second-order valence-electron chi connectivity index (χ2n) is 6.28. The highest BCUT2D eigenvalue weighted by Crippen LogP contribution is 2.40. The van der Waals surface area contributed by atoms with Crippen LogP contribution in [0.15, 0.2) is 30.3 Å². The molecule has 0 aliphatic carbocycles. The van der Waals surface area contributed by atoms with Crippen molar-refractivity contribution in [1.29, 1.82) is 0 Å². The predicted octanol–water partition coefficient (Wildman–Crippen LogP) is 1.83. The Kier molecular flexibility index (Phi) is 3.80. The average molecular weight is 294 g/mol. The van der Waals surface area contributed by atoms with Crippen LogP contribution in [0.3, 0.4) is 0 Å². The molecule has 0 unspecified atom stereocenters. The van der Waals surface area contributed by atoms with Crippen molar-refractivity contribution in [3.8, 4) is 0 Å². The molecular weight excluding hydrogens is 272 g/mol. The minimum Gasteiger partial charge on any atom is -0.382 e. The Balaban J connectivity index is 1.67. The SMILES string of the molecule is CC1(C)O[C@@H]2[C@@H](CO[C@@H](OCc3ccccc3)[C@]2(C)O)O1. The van der Waals surface area contributed by atoms with E-state index in [9.17, 15) is 5.11 Å². The van der Waals surface area contributed by atoms with Gasteiger partial charge < -0.3 is 24.1 Å². The van der Waals surface area contributed by atoms with Gasteiger partial charge in [-0.2, -0.15) is 0 Å². The van der Waals surface area contributed by atoms with Crippen LogP contribution < -0.4 is 0 Å². The van der Waals surface area contributed by atoms with Gasteiger partial charge in [-0.1, -0.05) is 30.3 Å². The Labute approximate surface area is 124 Å². The Morgan fingerprint density at radius 3 is 2.62 bits per heavy atom. The highest BCUT2D eigenvalue weighted by atomic mass is 16.8. The van der Waals surface area contributed by atoms with Gasteiger partial charge in [-0.05, 0) is 26.3 Å². The van der Waals surface area contributed by atoms with E-state index in [1.165, 1.54) is 0 Å². The highest BCUT2D eigenvalue weighted by molar-refractivity contribution is 5.13. The van der Waals surface area contributed by atoms with Gasteiger partial charge >= 0.3 is 0 Å². The molecule has 2 heterocycles. The molecular formula is C16H22O5. The highest BCUT2D eigenvalue weighted by Gasteiger charge is 2.57. The molecule has 2 aliphatic heterocycles. The van der Waals surface area contributed by atoms with E-state index in [2.05, 4.69) is 0 Å².